The highest BCUT2D eigenvalue weighted by Crippen LogP contribution is 2.30. The molecule has 2 N–H and O–H groups in total. The molecule has 0 spiro atoms. The zero-order chi connectivity index (χ0) is 19.4. The summed E-state index contributed by atoms with van der Waals surface area (Å²) in [5.74, 6) is 0.992. The van der Waals surface area contributed by atoms with Gasteiger partial charge in [-0.2, -0.15) is 11.3 Å². The number of nitrogens with zero attached hydrogens (tertiary/aromatic N) is 2. The van der Waals surface area contributed by atoms with E-state index in [4.69, 9.17) is 15.1 Å². The summed E-state index contributed by atoms with van der Waals surface area (Å²) in [6, 6.07) is 9.46. The molecule has 0 atom stereocenters. The highest BCUT2D eigenvalue weighted by molar-refractivity contribution is 7.08. The van der Waals surface area contributed by atoms with E-state index < -0.39 is 5.97 Å². The third-order valence-electron chi connectivity index (χ3n) is 4.29. The molecule has 3 rings (SSSR count). The van der Waals surface area contributed by atoms with Gasteiger partial charge in [0.1, 0.15) is 5.82 Å². The maximum atomic E-state index is 10.8. The van der Waals surface area contributed by atoms with Crippen LogP contribution in [0.5, 0.6) is 0 Å². The molecule has 0 amide bonds. The Morgan fingerprint density at radius 2 is 1.93 bits per heavy atom. The van der Waals surface area contributed by atoms with Gasteiger partial charge >= 0.3 is 5.97 Å². The zero-order valence-electron chi connectivity index (χ0n) is 15.7. The van der Waals surface area contributed by atoms with Crippen LogP contribution in [0.25, 0.3) is 11.4 Å². The SMILES string of the molecule is CCc1c(Nc2ccc(CC(=O)O)cc2)nc(-c2ccsc2)nc1C(C)C. The van der Waals surface area contributed by atoms with E-state index in [1.165, 1.54) is 0 Å². The summed E-state index contributed by atoms with van der Waals surface area (Å²) in [4.78, 5) is 20.5. The minimum atomic E-state index is -0.832. The van der Waals surface area contributed by atoms with Gasteiger partial charge in [0.05, 0.1) is 12.1 Å². The quantitative estimate of drug-likeness (QED) is 0.584. The maximum absolute atomic E-state index is 10.8. The number of thiophene rings is 1. The van der Waals surface area contributed by atoms with Gasteiger partial charge in [0.15, 0.2) is 5.82 Å². The molecule has 0 aliphatic rings. The molecule has 0 saturated heterocycles. The average molecular weight is 382 g/mol. The van der Waals surface area contributed by atoms with Crippen LogP contribution in [0.4, 0.5) is 11.5 Å². The van der Waals surface area contributed by atoms with E-state index in [0.29, 0.717) is 5.92 Å². The standard InChI is InChI=1S/C21H23N3O2S/c1-4-17-19(13(2)3)23-20(15-9-10-27-12-15)24-21(17)22-16-7-5-14(6-8-16)11-18(25)26/h5-10,12-13H,4,11H2,1-3H3,(H,25,26)(H,22,23,24). The van der Waals surface area contributed by atoms with Gasteiger partial charge in [-0.05, 0) is 41.5 Å². The van der Waals surface area contributed by atoms with Crippen LogP contribution in [-0.2, 0) is 17.6 Å². The second kappa shape index (κ2) is 8.31. The summed E-state index contributed by atoms with van der Waals surface area (Å²) in [6.07, 6.45) is 0.852. The molecule has 5 nitrogen and oxygen atoms in total. The van der Waals surface area contributed by atoms with Crippen molar-refractivity contribution in [2.45, 2.75) is 39.5 Å². The van der Waals surface area contributed by atoms with Gasteiger partial charge in [-0.1, -0.05) is 32.9 Å². The smallest absolute Gasteiger partial charge is 0.307 e. The molecule has 3 aromatic rings. The summed E-state index contributed by atoms with van der Waals surface area (Å²) in [5, 5.41) is 16.4. The molecule has 27 heavy (non-hydrogen) atoms. The number of hydrogen-bond acceptors (Lipinski definition) is 5. The Morgan fingerprint density at radius 3 is 2.48 bits per heavy atom. The van der Waals surface area contributed by atoms with Crippen LogP contribution in [0.3, 0.4) is 0 Å². The lowest BCUT2D eigenvalue weighted by Gasteiger charge is -2.17. The molecule has 2 aromatic heterocycles. The Bertz CT molecular complexity index is 919. The number of carboxylic acids is 1. The van der Waals surface area contributed by atoms with Crippen molar-refractivity contribution in [3.63, 3.8) is 0 Å². The zero-order valence-corrected chi connectivity index (χ0v) is 16.5. The summed E-state index contributed by atoms with van der Waals surface area (Å²) >= 11 is 1.63. The van der Waals surface area contributed by atoms with E-state index in [1.54, 1.807) is 11.3 Å². The summed E-state index contributed by atoms with van der Waals surface area (Å²) in [5.41, 5.74) is 4.83. The van der Waals surface area contributed by atoms with Crippen molar-refractivity contribution < 1.29 is 9.90 Å². The van der Waals surface area contributed by atoms with Crippen molar-refractivity contribution in [1.29, 1.82) is 0 Å². The summed E-state index contributed by atoms with van der Waals surface area (Å²) in [6.45, 7) is 6.39. The van der Waals surface area contributed by atoms with Crippen LogP contribution in [-0.4, -0.2) is 21.0 Å². The third-order valence-corrected chi connectivity index (χ3v) is 4.97. The molecule has 2 heterocycles. The van der Waals surface area contributed by atoms with Gasteiger partial charge in [0.2, 0.25) is 0 Å². The first kappa shape index (κ1) is 19.0. The molecule has 140 valence electrons. The van der Waals surface area contributed by atoms with E-state index in [0.717, 1.165) is 46.1 Å². The van der Waals surface area contributed by atoms with E-state index >= 15 is 0 Å². The Labute approximate surface area is 163 Å². The van der Waals surface area contributed by atoms with Gasteiger partial charge in [-0.15, -0.1) is 0 Å². The highest BCUT2D eigenvalue weighted by Gasteiger charge is 2.17. The molecule has 0 unspecified atom stereocenters. The van der Waals surface area contributed by atoms with Crippen molar-refractivity contribution in [2.75, 3.05) is 5.32 Å². The van der Waals surface area contributed by atoms with Crippen molar-refractivity contribution in [3.05, 3.63) is 57.9 Å². The number of benzene rings is 1. The summed E-state index contributed by atoms with van der Waals surface area (Å²) in [7, 11) is 0. The molecular formula is C21H23N3O2S. The van der Waals surface area contributed by atoms with Gasteiger partial charge in [-0.25, -0.2) is 9.97 Å². The van der Waals surface area contributed by atoms with Crippen molar-refractivity contribution >= 4 is 28.8 Å². The number of nitrogens with one attached hydrogen (secondary N) is 1. The monoisotopic (exact) mass is 381 g/mol. The first-order chi connectivity index (χ1) is 13.0. The highest BCUT2D eigenvalue weighted by atomic mass is 32.1. The fraction of sp³-hybridized carbons (Fsp3) is 0.286. The molecule has 0 bridgehead atoms. The lowest BCUT2D eigenvalue weighted by molar-refractivity contribution is -0.136. The number of aromatic nitrogens is 2. The molecular weight excluding hydrogens is 358 g/mol. The number of anilines is 2. The van der Waals surface area contributed by atoms with Gasteiger partial charge in [-0.3, -0.25) is 4.79 Å². The predicted octanol–water partition coefficient (Wildman–Crippen LogP) is 5.26. The molecule has 0 fully saturated rings. The minimum absolute atomic E-state index is 0.0216. The van der Waals surface area contributed by atoms with Gasteiger partial charge in [0, 0.05) is 22.2 Å². The Balaban J connectivity index is 1.99. The van der Waals surface area contributed by atoms with Crippen LogP contribution in [0.1, 0.15) is 43.5 Å². The van der Waals surface area contributed by atoms with E-state index in [1.807, 2.05) is 35.7 Å². The Hall–Kier alpha value is -2.73. The lowest BCUT2D eigenvalue weighted by Crippen LogP contribution is -2.08. The molecule has 1 aromatic carbocycles. The number of carbonyl (C=O) groups is 1. The summed E-state index contributed by atoms with van der Waals surface area (Å²) < 4.78 is 0. The van der Waals surface area contributed by atoms with Crippen molar-refractivity contribution in [1.82, 2.24) is 9.97 Å². The first-order valence-electron chi connectivity index (χ1n) is 8.99. The van der Waals surface area contributed by atoms with Crippen LogP contribution in [0, 0.1) is 0 Å². The van der Waals surface area contributed by atoms with Gasteiger partial charge < -0.3 is 10.4 Å². The molecule has 0 saturated carbocycles. The van der Waals surface area contributed by atoms with Gasteiger partial charge in [0.25, 0.3) is 0 Å². The number of hydrogen-bond donors (Lipinski definition) is 2. The number of carboxylic acid groups (broad SMARTS) is 1. The van der Waals surface area contributed by atoms with E-state index in [2.05, 4.69) is 31.5 Å². The van der Waals surface area contributed by atoms with Crippen LogP contribution in [0.15, 0.2) is 41.1 Å². The van der Waals surface area contributed by atoms with Crippen LogP contribution in [0.2, 0.25) is 0 Å². The maximum Gasteiger partial charge on any atom is 0.307 e. The molecule has 0 radical (unpaired) electrons. The van der Waals surface area contributed by atoms with E-state index in [-0.39, 0.29) is 6.42 Å². The number of aliphatic carboxylic acids is 1. The molecule has 6 heteroatoms. The first-order valence-corrected chi connectivity index (χ1v) is 9.93. The molecule has 0 aliphatic heterocycles. The third kappa shape index (κ3) is 4.52. The van der Waals surface area contributed by atoms with E-state index in [9.17, 15) is 4.79 Å². The average Bonchev–Trinajstić information content (AvgIpc) is 3.17. The normalized spacial score (nSPS) is 11.0. The predicted molar refractivity (Wildman–Crippen MR) is 110 cm³/mol. The Kier molecular flexibility index (Phi) is 5.86. The van der Waals surface area contributed by atoms with Crippen molar-refractivity contribution in [3.8, 4) is 11.4 Å². The fourth-order valence-electron chi connectivity index (χ4n) is 2.97. The second-order valence-corrected chi connectivity index (χ2v) is 7.45. The largest absolute Gasteiger partial charge is 0.481 e. The van der Waals surface area contributed by atoms with Crippen LogP contribution >= 0.6 is 11.3 Å². The Morgan fingerprint density at radius 1 is 1.19 bits per heavy atom. The topological polar surface area (TPSA) is 75.1 Å². The molecule has 0 aliphatic carbocycles. The second-order valence-electron chi connectivity index (χ2n) is 6.67. The van der Waals surface area contributed by atoms with Crippen molar-refractivity contribution in [2.24, 2.45) is 0 Å². The number of rotatable bonds is 7. The fourth-order valence-corrected chi connectivity index (χ4v) is 3.60. The minimum Gasteiger partial charge on any atom is -0.481 e. The lowest BCUT2D eigenvalue weighted by atomic mass is 10.0. The van der Waals surface area contributed by atoms with Crippen LogP contribution < -0.4 is 5.32 Å².